The summed E-state index contributed by atoms with van der Waals surface area (Å²) < 4.78 is 0. The molecule has 4 nitrogen and oxygen atoms in total. The van der Waals surface area contributed by atoms with Gasteiger partial charge in [0.2, 0.25) is 5.91 Å². The van der Waals surface area contributed by atoms with Crippen molar-refractivity contribution in [1.82, 2.24) is 10.2 Å². The summed E-state index contributed by atoms with van der Waals surface area (Å²) in [7, 11) is 0. The molecule has 1 aliphatic rings. The molecule has 1 heterocycles. The molecule has 100 valence electrons. The number of hydrogen-bond donors (Lipinski definition) is 2. The van der Waals surface area contributed by atoms with Crippen molar-refractivity contribution in [2.75, 3.05) is 19.7 Å². The normalized spacial score (nSPS) is 22.0. The molecule has 3 unspecified atom stereocenters. The van der Waals surface area contributed by atoms with Gasteiger partial charge in [0.1, 0.15) is 0 Å². The van der Waals surface area contributed by atoms with Crippen LogP contribution in [0.15, 0.2) is 0 Å². The van der Waals surface area contributed by atoms with Gasteiger partial charge >= 0.3 is 0 Å². The fourth-order valence-electron chi connectivity index (χ4n) is 2.18. The highest BCUT2D eigenvalue weighted by atomic mass is 16.3. The van der Waals surface area contributed by atoms with Crippen LogP contribution in [0, 0.1) is 5.92 Å². The van der Waals surface area contributed by atoms with E-state index in [0.717, 1.165) is 25.9 Å². The molecule has 2 N–H and O–H groups in total. The first-order valence-electron chi connectivity index (χ1n) is 6.72. The van der Waals surface area contributed by atoms with Gasteiger partial charge < -0.3 is 15.3 Å². The lowest BCUT2D eigenvalue weighted by Gasteiger charge is -2.31. The van der Waals surface area contributed by atoms with Crippen molar-refractivity contribution in [1.29, 1.82) is 0 Å². The summed E-state index contributed by atoms with van der Waals surface area (Å²) in [4.78, 5) is 14.1. The van der Waals surface area contributed by atoms with Crippen molar-refractivity contribution >= 4 is 5.91 Å². The Morgan fingerprint density at radius 2 is 1.82 bits per heavy atom. The van der Waals surface area contributed by atoms with E-state index >= 15 is 0 Å². The Labute approximate surface area is 104 Å². The minimum Gasteiger partial charge on any atom is -0.396 e. The van der Waals surface area contributed by atoms with Gasteiger partial charge in [-0.15, -0.1) is 0 Å². The number of amides is 1. The maximum Gasteiger partial charge on any atom is 0.239 e. The summed E-state index contributed by atoms with van der Waals surface area (Å²) >= 11 is 0. The Kier molecular flexibility index (Phi) is 5.92. The third-order valence-corrected chi connectivity index (χ3v) is 3.69. The number of carbonyl (C=O) groups is 1. The Morgan fingerprint density at radius 1 is 1.24 bits per heavy atom. The number of hydrogen-bond acceptors (Lipinski definition) is 3. The van der Waals surface area contributed by atoms with E-state index in [1.807, 2.05) is 25.7 Å². The molecule has 1 aliphatic heterocycles. The van der Waals surface area contributed by atoms with Crippen LogP contribution in [-0.2, 0) is 4.79 Å². The number of piperidine rings is 1. The maximum absolute atomic E-state index is 12.1. The lowest BCUT2D eigenvalue weighted by atomic mass is 10.0. The topological polar surface area (TPSA) is 52.6 Å². The minimum atomic E-state index is -0.155. The molecule has 4 heteroatoms. The SMILES string of the molecule is CC(NC(C)C(C)CO)C(=O)N1CCCCC1. The molecular formula is C13H26N2O2. The van der Waals surface area contributed by atoms with Crippen LogP contribution in [0.3, 0.4) is 0 Å². The first kappa shape index (κ1) is 14.5. The lowest BCUT2D eigenvalue weighted by molar-refractivity contribution is -0.134. The average molecular weight is 242 g/mol. The van der Waals surface area contributed by atoms with E-state index in [1.54, 1.807) is 0 Å². The van der Waals surface area contributed by atoms with E-state index < -0.39 is 0 Å². The highest BCUT2D eigenvalue weighted by Crippen LogP contribution is 2.11. The molecule has 1 saturated heterocycles. The predicted octanol–water partition coefficient (Wildman–Crippen LogP) is 0.994. The molecule has 1 amide bonds. The van der Waals surface area contributed by atoms with E-state index in [2.05, 4.69) is 5.32 Å². The molecular weight excluding hydrogens is 216 g/mol. The van der Waals surface area contributed by atoms with Crippen LogP contribution < -0.4 is 5.32 Å². The summed E-state index contributed by atoms with van der Waals surface area (Å²) in [6.45, 7) is 7.86. The van der Waals surface area contributed by atoms with Crippen molar-refractivity contribution in [2.45, 2.75) is 52.1 Å². The third-order valence-electron chi connectivity index (χ3n) is 3.69. The third kappa shape index (κ3) is 4.28. The van der Waals surface area contributed by atoms with Crippen LogP contribution in [-0.4, -0.2) is 47.7 Å². The van der Waals surface area contributed by atoms with E-state index in [4.69, 9.17) is 5.11 Å². The average Bonchev–Trinajstić information content (AvgIpc) is 2.37. The molecule has 0 bridgehead atoms. The van der Waals surface area contributed by atoms with Crippen molar-refractivity contribution < 1.29 is 9.90 Å². The summed E-state index contributed by atoms with van der Waals surface area (Å²) in [6, 6.07) is 0.000778. The molecule has 0 aromatic heterocycles. The zero-order chi connectivity index (χ0) is 12.8. The van der Waals surface area contributed by atoms with Crippen molar-refractivity contribution in [3.8, 4) is 0 Å². The molecule has 0 aromatic rings. The van der Waals surface area contributed by atoms with Crippen LogP contribution in [0.25, 0.3) is 0 Å². The van der Waals surface area contributed by atoms with Gasteiger partial charge in [-0.25, -0.2) is 0 Å². The maximum atomic E-state index is 12.1. The number of aliphatic hydroxyl groups excluding tert-OH is 1. The van der Waals surface area contributed by atoms with Gasteiger partial charge in [-0.3, -0.25) is 4.79 Å². The van der Waals surface area contributed by atoms with Gasteiger partial charge in [-0.05, 0) is 39.0 Å². The highest BCUT2D eigenvalue weighted by molar-refractivity contribution is 5.81. The molecule has 0 aromatic carbocycles. The van der Waals surface area contributed by atoms with E-state index in [-0.39, 0.29) is 30.5 Å². The van der Waals surface area contributed by atoms with Gasteiger partial charge in [0.25, 0.3) is 0 Å². The van der Waals surface area contributed by atoms with E-state index in [9.17, 15) is 4.79 Å². The summed E-state index contributed by atoms with van der Waals surface area (Å²) in [6.07, 6.45) is 3.49. The zero-order valence-corrected chi connectivity index (χ0v) is 11.3. The summed E-state index contributed by atoms with van der Waals surface area (Å²) in [5.74, 6) is 0.369. The van der Waals surface area contributed by atoms with Crippen LogP contribution in [0.1, 0.15) is 40.0 Å². The second-order valence-electron chi connectivity index (χ2n) is 5.22. The number of aliphatic hydroxyl groups is 1. The van der Waals surface area contributed by atoms with Gasteiger partial charge in [-0.1, -0.05) is 6.92 Å². The second kappa shape index (κ2) is 6.97. The number of nitrogens with zero attached hydrogens (tertiary/aromatic N) is 1. The first-order chi connectivity index (χ1) is 8.06. The van der Waals surface area contributed by atoms with Crippen molar-refractivity contribution in [3.05, 3.63) is 0 Å². The van der Waals surface area contributed by atoms with Crippen molar-refractivity contribution in [3.63, 3.8) is 0 Å². The lowest BCUT2D eigenvalue weighted by Crippen LogP contribution is -2.50. The number of rotatable bonds is 5. The predicted molar refractivity (Wildman–Crippen MR) is 68.7 cm³/mol. The summed E-state index contributed by atoms with van der Waals surface area (Å²) in [5, 5.41) is 12.3. The molecule has 17 heavy (non-hydrogen) atoms. The molecule has 0 aliphatic carbocycles. The molecule has 0 radical (unpaired) electrons. The number of likely N-dealkylation sites (tertiary alicyclic amines) is 1. The van der Waals surface area contributed by atoms with Gasteiger partial charge in [-0.2, -0.15) is 0 Å². The molecule has 0 saturated carbocycles. The Balaban J connectivity index is 2.40. The van der Waals surface area contributed by atoms with Crippen LogP contribution in [0.2, 0.25) is 0 Å². The molecule has 1 rings (SSSR count). The smallest absolute Gasteiger partial charge is 0.239 e. The van der Waals surface area contributed by atoms with Crippen LogP contribution in [0.4, 0.5) is 0 Å². The quantitative estimate of drug-likeness (QED) is 0.756. The van der Waals surface area contributed by atoms with Crippen LogP contribution in [0.5, 0.6) is 0 Å². The van der Waals surface area contributed by atoms with Crippen LogP contribution >= 0.6 is 0 Å². The van der Waals surface area contributed by atoms with E-state index in [1.165, 1.54) is 6.42 Å². The fourth-order valence-corrected chi connectivity index (χ4v) is 2.18. The summed E-state index contributed by atoms with van der Waals surface area (Å²) in [5.41, 5.74) is 0. The highest BCUT2D eigenvalue weighted by Gasteiger charge is 2.24. The first-order valence-corrected chi connectivity index (χ1v) is 6.72. The fraction of sp³-hybridized carbons (Fsp3) is 0.923. The molecule has 3 atom stereocenters. The van der Waals surface area contributed by atoms with Gasteiger partial charge in [0.15, 0.2) is 0 Å². The Morgan fingerprint density at radius 3 is 2.35 bits per heavy atom. The van der Waals surface area contributed by atoms with Gasteiger partial charge in [0.05, 0.1) is 6.04 Å². The number of carbonyl (C=O) groups excluding carboxylic acids is 1. The Hall–Kier alpha value is -0.610. The second-order valence-corrected chi connectivity index (χ2v) is 5.22. The Bertz CT molecular complexity index is 240. The van der Waals surface area contributed by atoms with Gasteiger partial charge in [0, 0.05) is 25.7 Å². The monoisotopic (exact) mass is 242 g/mol. The zero-order valence-electron chi connectivity index (χ0n) is 11.3. The van der Waals surface area contributed by atoms with Crippen molar-refractivity contribution in [2.24, 2.45) is 5.92 Å². The minimum absolute atomic E-state index is 0.152. The van der Waals surface area contributed by atoms with E-state index in [0.29, 0.717) is 0 Å². The molecule has 0 spiro atoms. The number of nitrogens with one attached hydrogen (secondary N) is 1. The molecule has 1 fully saturated rings. The largest absolute Gasteiger partial charge is 0.396 e. The standard InChI is InChI=1S/C13H26N2O2/c1-10(9-16)11(2)14-12(3)13(17)15-7-5-4-6-8-15/h10-12,14,16H,4-9H2,1-3H3.